The zero-order valence-corrected chi connectivity index (χ0v) is 13.3. The molecule has 0 aliphatic rings. The van der Waals surface area contributed by atoms with Crippen molar-refractivity contribution in [2.45, 2.75) is 46.6 Å². The highest BCUT2D eigenvalue weighted by Crippen LogP contribution is 2.07. The summed E-state index contributed by atoms with van der Waals surface area (Å²) < 4.78 is 0. The van der Waals surface area contributed by atoms with E-state index in [0.29, 0.717) is 19.5 Å². The van der Waals surface area contributed by atoms with Crippen LogP contribution in [0.3, 0.4) is 0 Å². The first-order valence-corrected chi connectivity index (χ1v) is 7.42. The molecule has 3 amide bonds. The topological polar surface area (TPSA) is 98.7 Å². The molecule has 122 valence electrons. The van der Waals surface area contributed by atoms with Crippen LogP contribution in [0.5, 0.6) is 0 Å². The smallest absolute Gasteiger partial charge is 0.326 e. The Morgan fingerprint density at radius 2 is 1.71 bits per heavy atom. The van der Waals surface area contributed by atoms with E-state index in [1.807, 2.05) is 20.8 Å². The highest BCUT2D eigenvalue weighted by Gasteiger charge is 2.25. The molecular weight excluding hydrogens is 274 g/mol. The molecule has 21 heavy (non-hydrogen) atoms. The van der Waals surface area contributed by atoms with E-state index in [1.54, 1.807) is 11.8 Å². The van der Waals surface area contributed by atoms with E-state index in [9.17, 15) is 14.4 Å². The summed E-state index contributed by atoms with van der Waals surface area (Å²) in [6.07, 6.45) is 0.855. The summed E-state index contributed by atoms with van der Waals surface area (Å²) in [5, 5.41) is 14.0. The Kier molecular flexibility index (Phi) is 9.16. The Bertz CT molecular complexity index is 356. The van der Waals surface area contributed by atoms with E-state index < -0.39 is 18.0 Å². The third kappa shape index (κ3) is 6.97. The molecule has 0 fully saturated rings. The van der Waals surface area contributed by atoms with Crippen molar-refractivity contribution in [1.29, 1.82) is 0 Å². The lowest BCUT2D eigenvalue weighted by Crippen LogP contribution is -2.49. The second-order valence-electron chi connectivity index (χ2n) is 4.92. The van der Waals surface area contributed by atoms with Crippen LogP contribution in [0.15, 0.2) is 0 Å². The van der Waals surface area contributed by atoms with Gasteiger partial charge in [0, 0.05) is 26.1 Å². The quantitative estimate of drug-likeness (QED) is 0.592. The second-order valence-corrected chi connectivity index (χ2v) is 4.92. The number of nitrogens with one attached hydrogen (secondary N) is 2. The van der Waals surface area contributed by atoms with Crippen molar-refractivity contribution >= 4 is 17.9 Å². The average molecular weight is 301 g/mol. The molecule has 0 aliphatic heterocycles. The lowest BCUT2D eigenvalue weighted by molar-refractivity contribution is -0.140. The molecule has 2 atom stereocenters. The minimum atomic E-state index is -1.06. The van der Waals surface area contributed by atoms with Crippen LogP contribution >= 0.6 is 0 Å². The standard InChI is InChI=1S/C14H27N3O4/c1-5-10(4)12(13(19)20)16-14(21)15-9-8-11(18)17(6-2)7-3/h10,12H,5-9H2,1-4H3,(H,19,20)(H2,15,16,21)/t10-,12-/m0/s1. The Hall–Kier alpha value is -1.79. The molecule has 0 bridgehead atoms. The Morgan fingerprint density at radius 1 is 1.14 bits per heavy atom. The first kappa shape index (κ1) is 19.2. The van der Waals surface area contributed by atoms with Crippen LogP contribution in [0.2, 0.25) is 0 Å². The average Bonchev–Trinajstić information content (AvgIpc) is 2.45. The van der Waals surface area contributed by atoms with E-state index in [0.717, 1.165) is 0 Å². The molecule has 0 aromatic rings. The number of carbonyl (C=O) groups excluding carboxylic acids is 2. The van der Waals surface area contributed by atoms with Crippen LogP contribution in [-0.2, 0) is 9.59 Å². The van der Waals surface area contributed by atoms with Gasteiger partial charge < -0.3 is 20.6 Å². The van der Waals surface area contributed by atoms with Crippen molar-refractivity contribution in [3.63, 3.8) is 0 Å². The first-order valence-electron chi connectivity index (χ1n) is 7.42. The molecule has 7 nitrogen and oxygen atoms in total. The van der Waals surface area contributed by atoms with Crippen molar-refractivity contribution in [2.24, 2.45) is 5.92 Å². The molecule has 7 heteroatoms. The van der Waals surface area contributed by atoms with Gasteiger partial charge in [-0.3, -0.25) is 4.79 Å². The summed E-state index contributed by atoms with van der Waals surface area (Å²) in [5.74, 6) is -1.25. The second kappa shape index (κ2) is 10.0. The molecular formula is C14H27N3O4. The fraction of sp³-hybridized carbons (Fsp3) is 0.786. The molecule has 0 saturated carbocycles. The highest BCUT2D eigenvalue weighted by molar-refractivity contribution is 5.83. The number of carbonyl (C=O) groups is 3. The SMILES string of the molecule is CC[C@H](C)[C@H](NC(=O)NCCC(=O)N(CC)CC)C(=O)O. The first-order chi connectivity index (χ1) is 9.87. The van der Waals surface area contributed by atoms with Gasteiger partial charge in [-0.25, -0.2) is 9.59 Å². The van der Waals surface area contributed by atoms with Crippen molar-refractivity contribution in [2.75, 3.05) is 19.6 Å². The summed E-state index contributed by atoms with van der Waals surface area (Å²) in [5.41, 5.74) is 0. The predicted molar refractivity (Wildman–Crippen MR) is 80.0 cm³/mol. The van der Waals surface area contributed by atoms with E-state index in [1.165, 1.54) is 0 Å². The number of urea groups is 1. The maximum absolute atomic E-state index is 11.7. The lowest BCUT2D eigenvalue weighted by Gasteiger charge is -2.21. The number of hydrogen-bond acceptors (Lipinski definition) is 3. The highest BCUT2D eigenvalue weighted by atomic mass is 16.4. The van der Waals surface area contributed by atoms with Crippen molar-refractivity contribution in [3.8, 4) is 0 Å². The number of nitrogens with zero attached hydrogens (tertiary/aromatic N) is 1. The van der Waals surface area contributed by atoms with E-state index in [-0.39, 0.29) is 24.8 Å². The van der Waals surface area contributed by atoms with Crippen LogP contribution in [0, 0.1) is 5.92 Å². The Labute approximate surface area is 126 Å². The third-order valence-corrected chi connectivity index (χ3v) is 3.51. The Balaban J connectivity index is 4.20. The molecule has 0 rings (SSSR count). The molecule has 0 aromatic heterocycles. The number of carboxylic acids is 1. The predicted octanol–water partition coefficient (Wildman–Crippen LogP) is 1.04. The van der Waals surface area contributed by atoms with Crippen LogP contribution in [-0.4, -0.2) is 53.6 Å². The van der Waals surface area contributed by atoms with Gasteiger partial charge in [-0.2, -0.15) is 0 Å². The lowest BCUT2D eigenvalue weighted by atomic mass is 9.99. The molecule has 0 radical (unpaired) electrons. The van der Waals surface area contributed by atoms with Crippen molar-refractivity contribution in [3.05, 3.63) is 0 Å². The number of aliphatic carboxylic acids is 1. The number of carboxylic acid groups (broad SMARTS) is 1. The maximum atomic E-state index is 11.7. The van der Waals surface area contributed by atoms with Gasteiger partial charge in [-0.05, 0) is 19.8 Å². The van der Waals surface area contributed by atoms with Crippen LogP contribution in [0.1, 0.15) is 40.5 Å². The molecule has 0 aliphatic carbocycles. The van der Waals surface area contributed by atoms with Gasteiger partial charge >= 0.3 is 12.0 Å². The van der Waals surface area contributed by atoms with E-state index >= 15 is 0 Å². The van der Waals surface area contributed by atoms with Gasteiger partial charge in [0.2, 0.25) is 5.91 Å². The maximum Gasteiger partial charge on any atom is 0.326 e. The molecule has 0 heterocycles. The van der Waals surface area contributed by atoms with Crippen molar-refractivity contribution in [1.82, 2.24) is 15.5 Å². The summed E-state index contributed by atoms with van der Waals surface area (Å²) in [4.78, 5) is 36.2. The van der Waals surface area contributed by atoms with Crippen LogP contribution in [0.25, 0.3) is 0 Å². The summed E-state index contributed by atoms with van der Waals surface area (Å²) >= 11 is 0. The van der Waals surface area contributed by atoms with E-state index in [4.69, 9.17) is 5.11 Å². The zero-order valence-electron chi connectivity index (χ0n) is 13.3. The fourth-order valence-electron chi connectivity index (χ4n) is 1.89. The number of rotatable bonds is 9. The normalized spacial score (nSPS) is 13.1. The molecule has 3 N–H and O–H groups in total. The monoisotopic (exact) mass is 301 g/mol. The fourth-order valence-corrected chi connectivity index (χ4v) is 1.89. The molecule has 0 unspecified atom stereocenters. The van der Waals surface area contributed by atoms with Gasteiger partial charge in [0.1, 0.15) is 6.04 Å². The minimum Gasteiger partial charge on any atom is -0.480 e. The minimum absolute atomic E-state index is 0.0305. The van der Waals surface area contributed by atoms with Gasteiger partial charge in [0.15, 0.2) is 0 Å². The van der Waals surface area contributed by atoms with E-state index in [2.05, 4.69) is 10.6 Å². The third-order valence-electron chi connectivity index (χ3n) is 3.51. The molecule has 0 spiro atoms. The summed E-state index contributed by atoms with van der Waals surface area (Å²) in [6.45, 7) is 8.88. The van der Waals surface area contributed by atoms with Crippen molar-refractivity contribution < 1.29 is 19.5 Å². The number of amides is 3. The van der Waals surface area contributed by atoms with Gasteiger partial charge in [0.05, 0.1) is 0 Å². The largest absolute Gasteiger partial charge is 0.480 e. The zero-order chi connectivity index (χ0) is 16.4. The summed E-state index contributed by atoms with van der Waals surface area (Å²) in [6, 6.07) is -1.48. The van der Waals surface area contributed by atoms with Crippen LogP contribution < -0.4 is 10.6 Å². The number of hydrogen-bond donors (Lipinski definition) is 3. The molecule has 0 aromatic carbocycles. The molecule has 0 saturated heterocycles. The summed E-state index contributed by atoms with van der Waals surface area (Å²) in [7, 11) is 0. The van der Waals surface area contributed by atoms with Crippen LogP contribution in [0.4, 0.5) is 4.79 Å². The van der Waals surface area contributed by atoms with Gasteiger partial charge in [-0.15, -0.1) is 0 Å². The van der Waals surface area contributed by atoms with Gasteiger partial charge in [-0.1, -0.05) is 20.3 Å². The Morgan fingerprint density at radius 3 is 2.14 bits per heavy atom. The van der Waals surface area contributed by atoms with Gasteiger partial charge in [0.25, 0.3) is 0 Å².